The number of benzene rings is 3. The molecule has 0 aliphatic rings. The average Bonchev–Trinajstić information content (AvgIpc) is 2.61. The first-order chi connectivity index (χ1) is 11.6. The maximum Gasteiger partial charge on any atom is 0.126 e. The maximum atomic E-state index is 6.06. The van der Waals surface area contributed by atoms with Gasteiger partial charge in [0.25, 0.3) is 0 Å². The zero-order valence-corrected chi connectivity index (χ0v) is 16.9. The molecule has 0 aliphatic carbocycles. The van der Waals surface area contributed by atoms with Crippen LogP contribution in [0.1, 0.15) is 18.1 Å². The van der Waals surface area contributed by atoms with Gasteiger partial charge in [-0.1, -0.05) is 65.9 Å². The molecule has 0 aliphatic heterocycles. The second-order valence-corrected chi connectivity index (χ2v) is 7.12. The third kappa shape index (κ3) is 2.90. The van der Waals surface area contributed by atoms with Crippen molar-refractivity contribution in [3.8, 4) is 28.0 Å². The third-order valence-corrected chi connectivity index (χ3v) is 5.59. The maximum absolute atomic E-state index is 6.06. The fraction of sp³-hybridized carbons (Fsp3) is 0.182. The molecular weight excluding hydrogens is 308 g/mol. The lowest BCUT2D eigenvalue weighted by atomic mass is 9.90. The lowest BCUT2D eigenvalue weighted by molar-refractivity contribution is 0.336. The first kappa shape index (κ1) is 16.5. The van der Waals surface area contributed by atoms with Crippen molar-refractivity contribution in [3.63, 3.8) is 0 Å². The monoisotopic (exact) mass is 332 g/mol. The molecule has 0 saturated heterocycles. The Morgan fingerprint density at radius 3 is 1.54 bits per heavy atom. The molecule has 0 heterocycles. The summed E-state index contributed by atoms with van der Waals surface area (Å²) in [6, 6.07) is 21.4. The van der Waals surface area contributed by atoms with E-state index < -0.39 is 0 Å². The summed E-state index contributed by atoms with van der Waals surface area (Å²) in [4.78, 5) is 0. The van der Waals surface area contributed by atoms with Crippen LogP contribution in [0.3, 0.4) is 0 Å². The van der Waals surface area contributed by atoms with E-state index >= 15 is 0 Å². The minimum absolute atomic E-state index is 0.685. The third-order valence-electron chi connectivity index (χ3n) is 4.59. The van der Waals surface area contributed by atoms with Crippen LogP contribution in [0.25, 0.3) is 22.3 Å². The van der Waals surface area contributed by atoms with E-state index in [0.29, 0.717) is 6.61 Å². The highest BCUT2D eigenvalue weighted by atomic mass is 28.1. The summed E-state index contributed by atoms with van der Waals surface area (Å²) in [6.45, 7) is 7.12. The topological polar surface area (TPSA) is 9.23 Å². The van der Waals surface area contributed by atoms with Gasteiger partial charge in [0.1, 0.15) is 5.75 Å². The van der Waals surface area contributed by atoms with Crippen LogP contribution in [0.2, 0.25) is 0 Å². The molecule has 0 unspecified atom stereocenters. The molecule has 0 bridgehead atoms. The lowest BCUT2D eigenvalue weighted by Gasteiger charge is -2.22. The van der Waals surface area contributed by atoms with Crippen LogP contribution < -0.4 is 9.92 Å². The van der Waals surface area contributed by atoms with Gasteiger partial charge in [-0.15, -0.1) is 0 Å². The molecule has 0 N–H and O–H groups in total. The minimum Gasteiger partial charge on any atom is -0.493 e. The number of hydrogen-bond donors (Lipinski definition) is 0. The van der Waals surface area contributed by atoms with Crippen LogP contribution >= 0.6 is 0 Å². The standard InChI is InChI=1S/C22H24OSi/c1-4-23-21-15(2)19(17-11-7-5-8-12-17)22(24)20(16(21)3)18-13-9-6-10-14-18/h5-14H,4H2,1-3,24H3. The molecule has 0 saturated carbocycles. The van der Waals surface area contributed by atoms with E-state index in [9.17, 15) is 0 Å². The Labute approximate surface area is 147 Å². The second-order valence-electron chi connectivity index (χ2n) is 6.12. The van der Waals surface area contributed by atoms with Crippen molar-refractivity contribution in [2.45, 2.75) is 20.8 Å². The van der Waals surface area contributed by atoms with Gasteiger partial charge < -0.3 is 4.74 Å². The van der Waals surface area contributed by atoms with Gasteiger partial charge in [0.15, 0.2) is 0 Å². The molecular formula is C22H24OSi. The Bertz CT molecular complexity index is 772. The van der Waals surface area contributed by atoms with E-state index in [1.807, 2.05) is 0 Å². The summed E-state index contributed by atoms with van der Waals surface area (Å²) in [5.74, 6) is 1.04. The zero-order chi connectivity index (χ0) is 17.1. The number of hydrogen-bond acceptors (Lipinski definition) is 1. The molecule has 0 aromatic heterocycles. The summed E-state index contributed by atoms with van der Waals surface area (Å²) in [6.07, 6.45) is 0. The van der Waals surface area contributed by atoms with Crippen molar-refractivity contribution in [3.05, 3.63) is 71.8 Å². The van der Waals surface area contributed by atoms with Crippen molar-refractivity contribution >= 4 is 15.4 Å². The van der Waals surface area contributed by atoms with E-state index in [-0.39, 0.29) is 0 Å². The van der Waals surface area contributed by atoms with E-state index in [1.54, 1.807) is 0 Å². The zero-order valence-electron chi connectivity index (χ0n) is 14.9. The van der Waals surface area contributed by atoms with E-state index in [4.69, 9.17) is 4.74 Å². The van der Waals surface area contributed by atoms with Crippen LogP contribution in [-0.2, 0) is 0 Å². The normalized spacial score (nSPS) is 10.8. The highest BCUT2D eigenvalue weighted by molar-refractivity contribution is 6.40. The quantitative estimate of drug-likeness (QED) is 0.656. The van der Waals surface area contributed by atoms with E-state index in [0.717, 1.165) is 16.0 Å². The number of ether oxygens (including phenoxy) is 1. The van der Waals surface area contributed by atoms with E-state index in [2.05, 4.69) is 81.4 Å². The molecule has 3 rings (SSSR count). The number of rotatable bonds is 4. The summed E-state index contributed by atoms with van der Waals surface area (Å²) < 4.78 is 6.06. The van der Waals surface area contributed by atoms with Crippen molar-refractivity contribution in [1.82, 2.24) is 0 Å². The summed E-state index contributed by atoms with van der Waals surface area (Å²) in [7, 11) is 0.990. The van der Waals surface area contributed by atoms with Crippen molar-refractivity contribution in [2.24, 2.45) is 0 Å². The lowest BCUT2D eigenvalue weighted by Crippen LogP contribution is -2.16. The Hall–Kier alpha value is -2.32. The van der Waals surface area contributed by atoms with Crippen molar-refractivity contribution in [1.29, 1.82) is 0 Å². The smallest absolute Gasteiger partial charge is 0.126 e. The Morgan fingerprint density at radius 1 is 0.750 bits per heavy atom. The van der Waals surface area contributed by atoms with Gasteiger partial charge in [-0.3, -0.25) is 0 Å². The molecule has 0 atom stereocenters. The molecule has 0 amide bonds. The van der Waals surface area contributed by atoms with Gasteiger partial charge in [0.2, 0.25) is 0 Å². The Balaban J connectivity index is 2.36. The first-order valence-corrected chi connectivity index (χ1v) is 9.52. The van der Waals surface area contributed by atoms with Gasteiger partial charge in [0.05, 0.1) is 6.61 Å². The van der Waals surface area contributed by atoms with Gasteiger partial charge in [-0.25, -0.2) is 0 Å². The minimum atomic E-state index is 0.685. The average molecular weight is 333 g/mol. The second kappa shape index (κ2) is 7.06. The molecule has 3 aromatic carbocycles. The fourth-order valence-electron chi connectivity index (χ4n) is 3.63. The van der Waals surface area contributed by atoms with Crippen molar-refractivity contribution in [2.75, 3.05) is 6.61 Å². The van der Waals surface area contributed by atoms with E-state index in [1.165, 1.54) is 38.6 Å². The molecule has 0 fully saturated rings. The van der Waals surface area contributed by atoms with Crippen molar-refractivity contribution < 1.29 is 4.74 Å². The summed E-state index contributed by atoms with van der Waals surface area (Å²) in [5.41, 5.74) is 7.75. The molecule has 2 heteroatoms. The van der Waals surface area contributed by atoms with Crippen LogP contribution in [0.4, 0.5) is 0 Å². The van der Waals surface area contributed by atoms with Crippen LogP contribution in [-0.4, -0.2) is 16.8 Å². The molecule has 0 radical (unpaired) electrons. The van der Waals surface area contributed by atoms with Gasteiger partial charge in [-0.05, 0) is 54.2 Å². The summed E-state index contributed by atoms with van der Waals surface area (Å²) in [5, 5.41) is 1.45. The fourth-order valence-corrected chi connectivity index (χ4v) is 4.96. The van der Waals surface area contributed by atoms with Gasteiger partial charge >= 0.3 is 0 Å². The van der Waals surface area contributed by atoms with Gasteiger partial charge in [0, 0.05) is 10.2 Å². The van der Waals surface area contributed by atoms with Crippen LogP contribution in [0.15, 0.2) is 60.7 Å². The Kier molecular flexibility index (Phi) is 4.86. The highest BCUT2D eigenvalue weighted by Crippen LogP contribution is 2.37. The SMILES string of the molecule is CCOc1c(C)c(-c2ccccc2)c([SiH3])c(-c2ccccc2)c1C. The predicted octanol–water partition coefficient (Wildman–Crippen LogP) is 4.03. The molecule has 122 valence electrons. The summed E-state index contributed by atoms with van der Waals surface area (Å²) >= 11 is 0. The Morgan fingerprint density at radius 2 is 1.17 bits per heavy atom. The largest absolute Gasteiger partial charge is 0.493 e. The molecule has 3 aromatic rings. The van der Waals surface area contributed by atoms with Crippen LogP contribution in [0, 0.1) is 13.8 Å². The van der Waals surface area contributed by atoms with Crippen LogP contribution in [0.5, 0.6) is 5.75 Å². The molecule has 24 heavy (non-hydrogen) atoms. The van der Waals surface area contributed by atoms with Gasteiger partial charge in [-0.2, -0.15) is 0 Å². The highest BCUT2D eigenvalue weighted by Gasteiger charge is 2.19. The molecule has 1 nitrogen and oxygen atoms in total. The predicted molar refractivity (Wildman–Crippen MR) is 108 cm³/mol. The first-order valence-electron chi connectivity index (χ1n) is 8.52. The molecule has 0 spiro atoms.